The smallest absolute Gasteiger partial charge is 0.234 e. The predicted molar refractivity (Wildman–Crippen MR) is 101 cm³/mol. The van der Waals surface area contributed by atoms with Crippen molar-refractivity contribution >= 4 is 21.6 Å². The van der Waals surface area contributed by atoms with E-state index in [4.69, 9.17) is 0 Å². The second kappa shape index (κ2) is 9.91. The van der Waals surface area contributed by atoms with Crippen LogP contribution in [0.15, 0.2) is 54.6 Å². The Hall–Kier alpha value is -2.41. The molecule has 0 heterocycles. The van der Waals surface area contributed by atoms with E-state index in [0.717, 1.165) is 18.4 Å². The highest BCUT2D eigenvalue weighted by atomic mass is 32.2. The quantitative estimate of drug-likeness (QED) is 0.624. The number of carbonyl (C=O) groups excluding carboxylic acids is 1. The highest BCUT2D eigenvalue weighted by Gasteiger charge is 2.11. The molecule has 0 aliphatic carbocycles. The van der Waals surface area contributed by atoms with Crippen molar-refractivity contribution in [2.45, 2.75) is 25.7 Å². The van der Waals surface area contributed by atoms with Gasteiger partial charge in [0, 0.05) is 18.7 Å². The zero-order valence-corrected chi connectivity index (χ0v) is 15.3. The molecule has 7 heteroatoms. The summed E-state index contributed by atoms with van der Waals surface area (Å²) in [5, 5.41) is 2.62. The summed E-state index contributed by atoms with van der Waals surface area (Å²) >= 11 is 0. The average Bonchev–Trinajstić information content (AvgIpc) is 2.60. The average molecular weight is 378 g/mol. The lowest BCUT2D eigenvalue weighted by atomic mass is 10.1. The van der Waals surface area contributed by atoms with Crippen molar-refractivity contribution in [3.05, 3.63) is 66.0 Å². The Morgan fingerprint density at radius 2 is 1.65 bits per heavy atom. The molecule has 0 radical (unpaired) electrons. The number of hydrogen-bond donors (Lipinski definition) is 2. The Bertz CT molecular complexity index is 793. The van der Waals surface area contributed by atoms with Crippen molar-refractivity contribution in [1.82, 2.24) is 5.32 Å². The van der Waals surface area contributed by atoms with Gasteiger partial charge in [0.15, 0.2) is 0 Å². The van der Waals surface area contributed by atoms with E-state index in [1.54, 1.807) is 42.5 Å². The molecule has 2 aromatic carbocycles. The summed E-state index contributed by atoms with van der Waals surface area (Å²) in [5.74, 6) is -0.604. The first-order valence-electron chi connectivity index (χ1n) is 8.51. The molecule has 0 aliphatic rings. The van der Waals surface area contributed by atoms with E-state index < -0.39 is 10.0 Å². The van der Waals surface area contributed by atoms with Crippen molar-refractivity contribution in [2.75, 3.05) is 17.0 Å². The minimum Gasteiger partial charge on any atom is -0.355 e. The molecule has 2 rings (SSSR count). The summed E-state index contributed by atoms with van der Waals surface area (Å²) < 4.78 is 39.1. The zero-order chi connectivity index (χ0) is 18.8. The van der Waals surface area contributed by atoms with E-state index in [9.17, 15) is 17.6 Å². The third-order valence-corrected chi connectivity index (χ3v) is 5.06. The van der Waals surface area contributed by atoms with E-state index in [0.29, 0.717) is 18.5 Å². The molecule has 2 N–H and O–H groups in total. The van der Waals surface area contributed by atoms with Crippen LogP contribution >= 0.6 is 0 Å². The largest absolute Gasteiger partial charge is 0.355 e. The summed E-state index contributed by atoms with van der Waals surface area (Å²) in [5.41, 5.74) is 1.53. The van der Waals surface area contributed by atoms with Gasteiger partial charge >= 0.3 is 0 Å². The molecule has 0 fully saturated rings. The second-order valence-corrected chi connectivity index (χ2v) is 7.81. The van der Waals surface area contributed by atoms with Gasteiger partial charge in [0.05, 0.1) is 5.75 Å². The minimum atomic E-state index is -3.49. The van der Waals surface area contributed by atoms with Crippen LogP contribution in [0.1, 0.15) is 24.8 Å². The van der Waals surface area contributed by atoms with Crippen molar-refractivity contribution in [3.63, 3.8) is 0 Å². The number of aryl methyl sites for hydroxylation is 1. The number of carbonyl (C=O) groups is 1. The number of nitrogens with one attached hydrogen (secondary N) is 2. The fourth-order valence-corrected chi connectivity index (χ4v) is 3.38. The summed E-state index contributed by atoms with van der Waals surface area (Å²) in [6.45, 7) is 0.0684. The third-order valence-electron chi connectivity index (χ3n) is 3.77. The van der Waals surface area contributed by atoms with Gasteiger partial charge in [-0.15, -0.1) is 0 Å². The normalized spacial score (nSPS) is 11.1. The number of sulfonamides is 1. The molecule has 0 unspecified atom stereocenters. The lowest BCUT2D eigenvalue weighted by Crippen LogP contribution is -2.31. The van der Waals surface area contributed by atoms with Gasteiger partial charge < -0.3 is 5.32 Å². The number of anilines is 1. The van der Waals surface area contributed by atoms with E-state index in [-0.39, 0.29) is 24.0 Å². The van der Waals surface area contributed by atoms with Crippen LogP contribution in [-0.2, 0) is 21.2 Å². The SMILES string of the molecule is O=C(CCCCc1ccc(F)cc1)NCCS(=O)(=O)Nc1ccccc1. The standard InChI is InChI=1S/C19H23FN2O3S/c20-17-12-10-16(11-13-17)6-4-5-9-19(23)21-14-15-26(24,25)22-18-7-2-1-3-8-18/h1-3,7-8,10-13,22H,4-6,9,14-15H2,(H,21,23). The Morgan fingerprint density at radius 1 is 0.962 bits per heavy atom. The van der Waals surface area contributed by atoms with Crippen LogP contribution in [0.2, 0.25) is 0 Å². The number of amides is 1. The second-order valence-electron chi connectivity index (χ2n) is 5.97. The van der Waals surface area contributed by atoms with Gasteiger partial charge in [-0.25, -0.2) is 12.8 Å². The van der Waals surface area contributed by atoms with E-state index in [2.05, 4.69) is 10.0 Å². The zero-order valence-electron chi connectivity index (χ0n) is 14.4. The number of rotatable bonds is 10. The van der Waals surface area contributed by atoms with Gasteiger partial charge in [0.2, 0.25) is 15.9 Å². The molecule has 5 nitrogen and oxygen atoms in total. The molecule has 0 atom stereocenters. The van der Waals surface area contributed by atoms with E-state index >= 15 is 0 Å². The first-order valence-corrected chi connectivity index (χ1v) is 10.2. The summed E-state index contributed by atoms with van der Waals surface area (Å²) in [7, 11) is -3.49. The Morgan fingerprint density at radius 3 is 2.35 bits per heavy atom. The highest BCUT2D eigenvalue weighted by Crippen LogP contribution is 2.09. The molecule has 2 aromatic rings. The van der Waals surface area contributed by atoms with Crippen molar-refractivity contribution < 1.29 is 17.6 Å². The van der Waals surface area contributed by atoms with Crippen LogP contribution in [0.25, 0.3) is 0 Å². The lowest BCUT2D eigenvalue weighted by Gasteiger charge is -2.09. The molecule has 0 saturated heterocycles. The van der Waals surface area contributed by atoms with Gasteiger partial charge in [-0.2, -0.15) is 0 Å². The maximum absolute atomic E-state index is 12.8. The summed E-state index contributed by atoms with van der Waals surface area (Å²) in [4.78, 5) is 11.8. The van der Waals surface area contributed by atoms with Gasteiger partial charge in [0.25, 0.3) is 0 Å². The number of benzene rings is 2. The first-order chi connectivity index (χ1) is 12.4. The molecule has 0 spiro atoms. The van der Waals surface area contributed by atoms with E-state index in [1.807, 2.05) is 0 Å². The maximum Gasteiger partial charge on any atom is 0.234 e. The van der Waals surface area contributed by atoms with Crippen molar-refractivity contribution in [3.8, 4) is 0 Å². The van der Waals surface area contributed by atoms with Crippen LogP contribution in [0.5, 0.6) is 0 Å². The molecular weight excluding hydrogens is 355 g/mol. The van der Waals surface area contributed by atoms with Crippen molar-refractivity contribution in [1.29, 1.82) is 0 Å². The molecule has 0 saturated carbocycles. The van der Waals surface area contributed by atoms with Crippen molar-refractivity contribution in [2.24, 2.45) is 0 Å². The fourth-order valence-electron chi connectivity index (χ4n) is 2.42. The predicted octanol–water partition coefficient (Wildman–Crippen LogP) is 3.10. The van der Waals surface area contributed by atoms with Gasteiger partial charge in [-0.3, -0.25) is 9.52 Å². The fraction of sp³-hybridized carbons (Fsp3) is 0.316. The van der Waals surface area contributed by atoms with Gasteiger partial charge in [-0.05, 0) is 49.1 Å². The van der Waals surface area contributed by atoms with Crippen LogP contribution in [0.3, 0.4) is 0 Å². The first kappa shape index (κ1) is 19.9. The van der Waals surface area contributed by atoms with Crippen LogP contribution in [-0.4, -0.2) is 26.6 Å². The van der Waals surface area contributed by atoms with E-state index in [1.165, 1.54) is 12.1 Å². The Balaban J connectivity index is 1.60. The molecule has 26 heavy (non-hydrogen) atoms. The van der Waals surface area contributed by atoms with Gasteiger partial charge in [0.1, 0.15) is 5.82 Å². The molecule has 0 aliphatic heterocycles. The summed E-state index contributed by atoms with van der Waals surface area (Å²) in [6.07, 6.45) is 2.63. The minimum absolute atomic E-state index is 0.0684. The molecule has 140 valence electrons. The highest BCUT2D eigenvalue weighted by molar-refractivity contribution is 7.92. The molecule has 1 amide bonds. The number of halogens is 1. The number of para-hydroxylation sites is 1. The topological polar surface area (TPSA) is 75.3 Å². The molecule has 0 aromatic heterocycles. The van der Waals surface area contributed by atoms with Gasteiger partial charge in [-0.1, -0.05) is 30.3 Å². The number of unbranched alkanes of at least 4 members (excludes halogenated alkanes) is 1. The lowest BCUT2D eigenvalue weighted by molar-refractivity contribution is -0.121. The third kappa shape index (κ3) is 7.65. The van der Waals surface area contributed by atoms with Crippen LogP contribution < -0.4 is 10.0 Å². The molecular formula is C19H23FN2O3S. The Kier molecular flexibility index (Phi) is 7.59. The molecule has 0 bridgehead atoms. The van der Waals surface area contributed by atoms with Crippen LogP contribution in [0, 0.1) is 5.82 Å². The van der Waals surface area contributed by atoms with Crippen LogP contribution in [0.4, 0.5) is 10.1 Å². The monoisotopic (exact) mass is 378 g/mol. The number of hydrogen-bond acceptors (Lipinski definition) is 3. The Labute approximate surface area is 153 Å². The maximum atomic E-state index is 12.8. The summed E-state index contributed by atoms with van der Waals surface area (Å²) in [6, 6.07) is 14.9.